The summed E-state index contributed by atoms with van der Waals surface area (Å²) in [6.45, 7) is 2.74. The number of aromatic nitrogens is 2. The Bertz CT molecular complexity index is 780. The molecule has 1 amide bonds. The van der Waals surface area contributed by atoms with E-state index in [1.54, 1.807) is 27.9 Å². The highest BCUT2D eigenvalue weighted by Gasteiger charge is 2.35. The first-order valence-corrected chi connectivity index (χ1v) is 9.38. The molecule has 0 spiro atoms. The zero-order valence-corrected chi connectivity index (χ0v) is 13.7. The first-order chi connectivity index (χ1) is 11.0. The van der Waals surface area contributed by atoms with Crippen molar-refractivity contribution in [3.05, 3.63) is 42.1 Å². The lowest BCUT2D eigenvalue weighted by molar-refractivity contribution is 0.0673. The molecular formula is C15H19N3O4S. The Morgan fingerprint density at radius 1 is 1.48 bits per heavy atom. The molecule has 2 aromatic heterocycles. The number of nitrogens with zero attached hydrogens (tertiary/aromatic N) is 3. The SMILES string of the molecule is CCN(C(=O)c1ccc(Cn2cccn2)o1)[C@H]1CCS(=O)(=O)C1. The lowest BCUT2D eigenvalue weighted by Crippen LogP contribution is -2.40. The van der Waals surface area contributed by atoms with E-state index in [0.717, 1.165) is 0 Å². The Kier molecular flexibility index (Phi) is 4.25. The summed E-state index contributed by atoms with van der Waals surface area (Å²) in [5, 5.41) is 4.09. The number of furan rings is 1. The van der Waals surface area contributed by atoms with Crippen LogP contribution in [0.3, 0.4) is 0 Å². The highest BCUT2D eigenvalue weighted by atomic mass is 32.2. The molecule has 0 unspecified atom stereocenters. The van der Waals surface area contributed by atoms with E-state index >= 15 is 0 Å². The van der Waals surface area contributed by atoms with Gasteiger partial charge in [-0.2, -0.15) is 5.10 Å². The van der Waals surface area contributed by atoms with Gasteiger partial charge in [0.2, 0.25) is 0 Å². The van der Waals surface area contributed by atoms with Crippen LogP contribution in [0.4, 0.5) is 0 Å². The molecule has 8 heteroatoms. The molecule has 1 fully saturated rings. The van der Waals surface area contributed by atoms with Crippen LogP contribution in [0.2, 0.25) is 0 Å². The fourth-order valence-corrected chi connectivity index (χ4v) is 4.59. The van der Waals surface area contributed by atoms with E-state index in [9.17, 15) is 13.2 Å². The summed E-state index contributed by atoms with van der Waals surface area (Å²) in [5.41, 5.74) is 0. The first kappa shape index (κ1) is 15.8. The number of carbonyl (C=O) groups is 1. The third-order valence-electron chi connectivity index (χ3n) is 4.00. The van der Waals surface area contributed by atoms with Gasteiger partial charge in [0.1, 0.15) is 5.76 Å². The normalized spacial score (nSPS) is 19.8. The van der Waals surface area contributed by atoms with Gasteiger partial charge in [0.15, 0.2) is 15.6 Å². The van der Waals surface area contributed by atoms with E-state index < -0.39 is 9.84 Å². The Hall–Kier alpha value is -2.09. The molecule has 7 nitrogen and oxygen atoms in total. The quantitative estimate of drug-likeness (QED) is 0.818. The molecule has 0 aromatic carbocycles. The maximum Gasteiger partial charge on any atom is 0.289 e. The summed E-state index contributed by atoms with van der Waals surface area (Å²) in [6, 6.07) is 4.92. The van der Waals surface area contributed by atoms with Gasteiger partial charge in [-0.15, -0.1) is 0 Å². The molecule has 124 valence electrons. The van der Waals surface area contributed by atoms with Crippen LogP contribution in [0.1, 0.15) is 29.7 Å². The molecule has 3 rings (SSSR count). The number of hydrogen-bond donors (Lipinski definition) is 0. The van der Waals surface area contributed by atoms with E-state index in [1.807, 2.05) is 19.2 Å². The lowest BCUT2D eigenvalue weighted by atomic mass is 10.2. The minimum Gasteiger partial charge on any atom is -0.454 e. The van der Waals surface area contributed by atoms with Crippen molar-refractivity contribution in [1.29, 1.82) is 0 Å². The van der Waals surface area contributed by atoms with Crippen LogP contribution in [-0.4, -0.2) is 53.1 Å². The molecule has 0 bridgehead atoms. The third kappa shape index (κ3) is 3.47. The minimum absolute atomic E-state index is 0.0352. The second-order valence-electron chi connectivity index (χ2n) is 5.62. The van der Waals surface area contributed by atoms with E-state index in [0.29, 0.717) is 25.3 Å². The lowest BCUT2D eigenvalue weighted by Gasteiger charge is -2.25. The number of hydrogen-bond acceptors (Lipinski definition) is 5. The maximum absolute atomic E-state index is 12.6. The summed E-state index contributed by atoms with van der Waals surface area (Å²) in [7, 11) is -3.03. The van der Waals surface area contributed by atoms with Gasteiger partial charge in [-0.1, -0.05) is 0 Å². The van der Waals surface area contributed by atoms with Crippen molar-refractivity contribution < 1.29 is 17.6 Å². The zero-order valence-electron chi connectivity index (χ0n) is 12.9. The summed E-state index contributed by atoms with van der Waals surface area (Å²) in [4.78, 5) is 14.2. The molecular weight excluding hydrogens is 318 g/mol. The summed E-state index contributed by atoms with van der Waals surface area (Å²) >= 11 is 0. The molecule has 0 N–H and O–H groups in total. The number of sulfone groups is 1. The second kappa shape index (κ2) is 6.19. The molecule has 0 aliphatic carbocycles. The van der Waals surface area contributed by atoms with Gasteiger partial charge in [0.05, 0.1) is 18.1 Å². The number of rotatable bonds is 5. The van der Waals surface area contributed by atoms with Crippen molar-refractivity contribution in [2.45, 2.75) is 25.9 Å². The monoisotopic (exact) mass is 337 g/mol. The smallest absolute Gasteiger partial charge is 0.289 e. The van der Waals surface area contributed by atoms with Crippen LogP contribution in [0.15, 0.2) is 35.0 Å². The predicted molar refractivity (Wildman–Crippen MR) is 83.8 cm³/mol. The van der Waals surface area contributed by atoms with Crippen molar-refractivity contribution >= 4 is 15.7 Å². The van der Waals surface area contributed by atoms with Crippen LogP contribution in [0.5, 0.6) is 0 Å². The van der Waals surface area contributed by atoms with Gasteiger partial charge < -0.3 is 9.32 Å². The van der Waals surface area contributed by atoms with Gasteiger partial charge in [-0.05, 0) is 31.5 Å². The fourth-order valence-electron chi connectivity index (χ4n) is 2.86. The third-order valence-corrected chi connectivity index (χ3v) is 5.75. The van der Waals surface area contributed by atoms with Crippen molar-refractivity contribution in [3.8, 4) is 0 Å². The Morgan fingerprint density at radius 2 is 2.30 bits per heavy atom. The van der Waals surface area contributed by atoms with Gasteiger partial charge in [0, 0.05) is 25.0 Å². The molecule has 1 atom stereocenters. The molecule has 0 radical (unpaired) electrons. The van der Waals surface area contributed by atoms with Crippen LogP contribution in [0, 0.1) is 0 Å². The van der Waals surface area contributed by atoms with E-state index in [2.05, 4.69) is 5.10 Å². The number of carbonyl (C=O) groups excluding carboxylic acids is 1. The largest absolute Gasteiger partial charge is 0.454 e. The summed E-state index contributed by atoms with van der Waals surface area (Å²) in [6.07, 6.45) is 3.98. The van der Waals surface area contributed by atoms with Crippen molar-refractivity contribution in [3.63, 3.8) is 0 Å². The average Bonchev–Trinajstić information content (AvgIpc) is 3.22. The molecule has 3 heterocycles. The van der Waals surface area contributed by atoms with E-state index in [-0.39, 0.29) is 29.2 Å². The predicted octanol–water partition coefficient (Wildman–Crippen LogP) is 1.17. The molecule has 1 saturated heterocycles. The number of amides is 1. The topological polar surface area (TPSA) is 85.4 Å². The van der Waals surface area contributed by atoms with Crippen molar-refractivity contribution in [2.24, 2.45) is 0 Å². The fraction of sp³-hybridized carbons (Fsp3) is 0.467. The Labute approximate surface area is 134 Å². The molecule has 1 aliphatic heterocycles. The first-order valence-electron chi connectivity index (χ1n) is 7.56. The molecule has 0 saturated carbocycles. The highest BCUT2D eigenvalue weighted by Crippen LogP contribution is 2.21. The second-order valence-corrected chi connectivity index (χ2v) is 7.85. The van der Waals surface area contributed by atoms with Crippen molar-refractivity contribution in [2.75, 3.05) is 18.1 Å². The van der Waals surface area contributed by atoms with E-state index in [1.165, 1.54) is 0 Å². The summed E-state index contributed by atoms with van der Waals surface area (Å²) < 4.78 is 30.6. The van der Waals surface area contributed by atoms with Crippen LogP contribution >= 0.6 is 0 Å². The van der Waals surface area contributed by atoms with Crippen LogP contribution in [-0.2, 0) is 16.4 Å². The minimum atomic E-state index is -3.03. The molecule has 1 aliphatic rings. The highest BCUT2D eigenvalue weighted by molar-refractivity contribution is 7.91. The zero-order chi connectivity index (χ0) is 16.4. The van der Waals surface area contributed by atoms with Gasteiger partial charge >= 0.3 is 0 Å². The van der Waals surface area contributed by atoms with Gasteiger partial charge in [-0.25, -0.2) is 8.42 Å². The Balaban J connectivity index is 1.72. The molecule has 23 heavy (non-hydrogen) atoms. The Morgan fingerprint density at radius 3 is 2.91 bits per heavy atom. The summed E-state index contributed by atoms with van der Waals surface area (Å²) in [5.74, 6) is 0.782. The van der Waals surface area contributed by atoms with Crippen LogP contribution < -0.4 is 0 Å². The van der Waals surface area contributed by atoms with Gasteiger partial charge in [-0.3, -0.25) is 9.48 Å². The van der Waals surface area contributed by atoms with Crippen LogP contribution in [0.25, 0.3) is 0 Å². The van der Waals surface area contributed by atoms with Crippen molar-refractivity contribution in [1.82, 2.24) is 14.7 Å². The van der Waals surface area contributed by atoms with E-state index in [4.69, 9.17) is 4.42 Å². The molecule has 2 aromatic rings. The van der Waals surface area contributed by atoms with Gasteiger partial charge in [0.25, 0.3) is 5.91 Å². The standard InChI is InChI=1S/C15H19N3O4S/c1-2-18(12-6-9-23(20,21)11-12)15(19)14-5-4-13(22-14)10-17-8-3-7-16-17/h3-5,7-8,12H,2,6,9-11H2,1H3/t12-/m0/s1. The average molecular weight is 337 g/mol. The maximum atomic E-state index is 12.6.